The predicted octanol–water partition coefficient (Wildman–Crippen LogP) is 3.22. The minimum Gasteiger partial charge on any atom is -0.454 e. The van der Waals surface area contributed by atoms with E-state index in [4.69, 9.17) is 9.47 Å². The molecule has 2 aromatic carbocycles. The molecule has 6 nitrogen and oxygen atoms in total. The molecule has 9 heteroatoms. The second kappa shape index (κ2) is 7.79. The van der Waals surface area contributed by atoms with Gasteiger partial charge in [0.25, 0.3) is 5.91 Å². The molecule has 0 bridgehead atoms. The number of alkyl halides is 3. The number of carbonyl (C=O) groups excluding carboxylic acids is 2. The maximum Gasteiger partial charge on any atom is 0.418 e. The van der Waals surface area contributed by atoms with Gasteiger partial charge in [0.1, 0.15) is 0 Å². The van der Waals surface area contributed by atoms with E-state index in [1.54, 1.807) is 12.1 Å². The van der Waals surface area contributed by atoms with Gasteiger partial charge in [-0.05, 0) is 30.3 Å². The highest BCUT2D eigenvalue weighted by molar-refractivity contribution is 5.95. The van der Waals surface area contributed by atoms with Crippen LogP contribution in [0.2, 0.25) is 0 Å². The Morgan fingerprint density at radius 2 is 1.82 bits per heavy atom. The summed E-state index contributed by atoms with van der Waals surface area (Å²) >= 11 is 0. The van der Waals surface area contributed by atoms with Crippen molar-refractivity contribution < 1.29 is 32.2 Å². The molecule has 0 spiro atoms. The number of para-hydroxylation sites is 1. The van der Waals surface area contributed by atoms with Crippen LogP contribution in [-0.2, 0) is 11.0 Å². The Hall–Kier alpha value is -3.23. The Balaban J connectivity index is 1.68. The van der Waals surface area contributed by atoms with Gasteiger partial charge in [0, 0.05) is 25.6 Å². The Morgan fingerprint density at radius 3 is 2.54 bits per heavy atom. The average molecular weight is 394 g/mol. The van der Waals surface area contributed by atoms with Crippen molar-refractivity contribution in [1.29, 1.82) is 0 Å². The van der Waals surface area contributed by atoms with E-state index in [2.05, 4.69) is 5.32 Å². The van der Waals surface area contributed by atoms with E-state index in [-0.39, 0.29) is 25.6 Å². The molecule has 2 aromatic rings. The van der Waals surface area contributed by atoms with Crippen LogP contribution in [0, 0.1) is 0 Å². The number of halogens is 3. The lowest BCUT2D eigenvalue weighted by Crippen LogP contribution is -2.38. The lowest BCUT2D eigenvalue weighted by molar-refractivity contribution is -0.137. The zero-order chi connectivity index (χ0) is 20.3. The third-order valence-electron chi connectivity index (χ3n) is 4.14. The minimum atomic E-state index is -4.60. The van der Waals surface area contributed by atoms with Gasteiger partial charge in [0.15, 0.2) is 11.5 Å². The first-order valence-corrected chi connectivity index (χ1v) is 8.39. The van der Waals surface area contributed by atoms with Gasteiger partial charge in [0.05, 0.1) is 11.3 Å². The largest absolute Gasteiger partial charge is 0.454 e. The Bertz CT molecular complexity index is 899. The van der Waals surface area contributed by atoms with E-state index in [0.29, 0.717) is 17.1 Å². The summed E-state index contributed by atoms with van der Waals surface area (Å²) < 4.78 is 50.0. The molecule has 1 N–H and O–H groups in total. The number of carbonyl (C=O) groups is 2. The number of hydrogen-bond donors (Lipinski definition) is 1. The van der Waals surface area contributed by atoms with E-state index < -0.39 is 23.6 Å². The fourth-order valence-electron chi connectivity index (χ4n) is 2.82. The molecular weight excluding hydrogens is 377 g/mol. The maximum atomic E-state index is 13.2. The van der Waals surface area contributed by atoms with Crippen LogP contribution in [0.25, 0.3) is 0 Å². The number of nitrogens with one attached hydrogen (secondary N) is 1. The van der Waals surface area contributed by atoms with Gasteiger partial charge in [-0.3, -0.25) is 9.59 Å². The molecule has 1 aliphatic rings. The van der Waals surface area contributed by atoms with Gasteiger partial charge < -0.3 is 19.7 Å². The van der Waals surface area contributed by atoms with Crippen molar-refractivity contribution in [3.05, 3.63) is 53.6 Å². The summed E-state index contributed by atoms with van der Waals surface area (Å²) in [6, 6.07) is 9.47. The topological polar surface area (TPSA) is 67.9 Å². The summed E-state index contributed by atoms with van der Waals surface area (Å²) in [5.74, 6) is -0.0277. The number of fused-ring (bicyclic) bond motifs is 1. The van der Waals surface area contributed by atoms with Crippen molar-refractivity contribution >= 4 is 17.5 Å². The zero-order valence-electron chi connectivity index (χ0n) is 14.9. The van der Waals surface area contributed by atoms with Crippen molar-refractivity contribution in [2.45, 2.75) is 13.1 Å². The monoisotopic (exact) mass is 394 g/mol. The van der Waals surface area contributed by atoms with E-state index in [0.717, 1.165) is 11.0 Å². The van der Waals surface area contributed by atoms with Crippen LogP contribution >= 0.6 is 0 Å². The smallest absolute Gasteiger partial charge is 0.418 e. The summed E-state index contributed by atoms with van der Waals surface area (Å²) in [5, 5.41) is 2.59. The molecular formula is C19H17F3N2O4. The van der Waals surface area contributed by atoms with Crippen LogP contribution in [-0.4, -0.2) is 31.7 Å². The number of nitrogens with zero attached hydrogens (tertiary/aromatic N) is 1. The number of anilines is 1. The maximum absolute atomic E-state index is 13.2. The Kier molecular flexibility index (Phi) is 5.43. The van der Waals surface area contributed by atoms with E-state index in [9.17, 15) is 22.8 Å². The first-order valence-electron chi connectivity index (χ1n) is 8.39. The zero-order valence-corrected chi connectivity index (χ0v) is 14.9. The summed E-state index contributed by atoms with van der Waals surface area (Å²) in [4.78, 5) is 25.2. The van der Waals surface area contributed by atoms with Gasteiger partial charge in [0.2, 0.25) is 12.7 Å². The van der Waals surface area contributed by atoms with Gasteiger partial charge in [-0.1, -0.05) is 12.1 Å². The minimum absolute atomic E-state index is 0.0287. The molecule has 0 unspecified atom stereocenters. The third kappa shape index (κ3) is 4.19. The highest BCUT2D eigenvalue weighted by Gasteiger charge is 2.35. The summed E-state index contributed by atoms with van der Waals surface area (Å²) in [5.41, 5.74) is -0.846. The van der Waals surface area contributed by atoms with Crippen molar-refractivity contribution in [3.63, 3.8) is 0 Å². The Labute approximate surface area is 158 Å². The van der Waals surface area contributed by atoms with Crippen molar-refractivity contribution in [1.82, 2.24) is 5.32 Å². The molecule has 1 heterocycles. The SMILES string of the molecule is CC(=O)N(CCNC(=O)c1ccc2c(c1)OCO2)c1ccccc1C(F)(F)F. The van der Waals surface area contributed by atoms with E-state index in [1.807, 2.05) is 0 Å². The van der Waals surface area contributed by atoms with Gasteiger partial charge in [-0.25, -0.2) is 0 Å². The number of hydrogen-bond acceptors (Lipinski definition) is 4. The quantitative estimate of drug-likeness (QED) is 0.846. The molecule has 0 saturated carbocycles. The molecule has 0 atom stereocenters. The molecule has 0 fully saturated rings. The molecule has 2 amide bonds. The summed E-state index contributed by atoms with van der Waals surface area (Å²) in [6.45, 7) is 1.11. The van der Waals surface area contributed by atoms with Crippen molar-refractivity contribution in [2.75, 3.05) is 24.8 Å². The molecule has 3 rings (SSSR count). The fourth-order valence-corrected chi connectivity index (χ4v) is 2.82. The molecule has 0 radical (unpaired) electrons. The van der Waals surface area contributed by atoms with E-state index >= 15 is 0 Å². The van der Waals surface area contributed by atoms with E-state index in [1.165, 1.54) is 31.2 Å². The first-order chi connectivity index (χ1) is 13.3. The molecule has 1 aliphatic heterocycles. The number of benzene rings is 2. The lowest BCUT2D eigenvalue weighted by Gasteiger charge is -2.25. The van der Waals surface area contributed by atoms with Crippen LogP contribution in [0.4, 0.5) is 18.9 Å². The Morgan fingerprint density at radius 1 is 1.11 bits per heavy atom. The normalized spacial score (nSPS) is 12.6. The van der Waals surface area contributed by atoms with Crippen LogP contribution in [0.15, 0.2) is 42.5 Å². The van der Waals surface area contributed by atoms with Crippen molar-refractivity contribution in [3.8, 4) is 11.5 Å². The molecule has 28 heavy (non-hydrogen) atoms. The standard InChI is InChI=1S/C19H17F3N2O4/c1-12(25)24(15-5-3-2-4-14(15)19(20,21)22)9-8-23-18(26)13-6-7-16-17(10-13)28-11-27-16/h2-7,10H,8-9,11H2,1H3,(H,23,26). The van der Waals surface area contributed by atoms with Gasteiger partial charge in [-0.2, -0.15) is 13.2 Å². The van der Waals surface area contributed by atoms with Crippen LogP contribution in [0.3, 0.4) is 0 Å². The first kappa shape index (κ1) is 19.5. The highest BCUT2D eigenvalue weighted by atomic mass is 19.4. The molecule has 0 saturated heterocycles. The third-order valence-corrected chi connectivity index (χ3v) is 4.14. The van der Waals surface area contributed by atoms with Crippen LogP contribution < -0.4 is 19.7 Å². The second-order valence-electron chi connectivity index (χ2n) is 6.01. The second-order valence-corrected chi connectivity index (χ2v) is 6.01. The highest BCUT2D eigenvalue weighted by Crippen LogP contribution is 2.36. The number of ether oxygens (including phenoxy) is 2. The summed E-state index contributed by atoms with van der Waals surface area (Å²) in [7, 11) is 0. The number of rotatable bonds is 5. The average Bonchev–Trinajstić information content (AvgIpc) is 3.12. The lowest BCUT2D eigenvalue weighted by atomic mass is 10.1. The van der Waals surface area contributed by atoms with Gasteiger partial charge in [-0.15, -0.1) is 0 Å². The van der Waals surface area contributed by atoms with Crippen LogP contribution in [0.5, 0.6) is 11.5 Å². The fraction of sp³-hybridized carbons (Fsp3) is 0.263. The van der Waals surface area contributed by atoms with Gasteiger partial charge >= 0.3 is 6.18 Å². The molecule has 148 valence electrons. The molecule has 0 aromatic heterocycles. The number of amides is 2. The van der Waals surface area contributed by atoms with Crippen molar-refractivity contribution in [2.24, 2.45) is 0 Å². The summed E-state index contributed by atoms with van der Waals surface area (Å²) in [6.07, 6.45) is -4.60. The van der Waals surface area contributed by atoms with Crippen LogP contribution in [0.1, 0.15) is 22.8 Å². The predicted molar refractivity (Wildman–Crippen MR) is 94.4 cm³/mol. The molecule has 0 aliphatic carbocycles.